The normalized spacial score (nSPS) is 11.6. The maximum absolute atomic E-state index is 13.4. The number of hydrogen-bond acceptors (Lipinski definition) is 5. The highest BCUT2D eigenvalue weighted by Gasteiger charge is 2.36. The number of hydrogen-bond donors (Lipinski definition) is 2. The Bertz CT molecular complexity index is 1130. The lowest BCUT2D eigenvalue weighted by Crippen LogP contribution is -2.26. The average Bonchev–Trinajstić information content (AvgIpc) is 2.88. The van der Waals surface area contributed by atoms with Gasteiger partial charge in [-0.3, -0.25) is 9.36 Å². The van der Waals surface area contributed by atoms with E-state index in [1.165, 1.54) is 25.2 Å². The predicted octanol–water partition coefficient (Wildman–Crippen LogP) is 2.37. The molecule has 12 heteroatoms. The van der Waals surface area contributed by atoms with Crippen molar-refractivity contribution in [2.75, 3.05) is 5.73 Å². The van der Waals surface area contributed by atoms with E-state index in [4.69, 9.17) is 22.1 Å². The van der Waals surface area contributed by atoms with Gasteiger partial charge in [0.25, 0.3) is 5.56 Å². The summed E-state index contributed by atoms with van der Waals surface area (Å²) in [5, 5.41) is 6.04. The van der Waals surface area contributed by atoms with Gasteiger partial charge in [-0.05, 0) is 18.2 Å². The summed E-state index contributed by atoms with van der Waals surface area (Å²) >= 11 is 5.83. The molecule has 0 fully saturated rings. The van der Waals surface area contributed by atoms with Crippen molar-refractivity contribution in [2.24, 2.45) is 7.05 Å². The Kier molecular flexibility index (Phi) is 4.94. The van der Waals surface area contributed by atoms with Gasteiger partial charge in [-0.1, -0.05) is 11.6 Å². The molecule has 1 aromatic carbocycles. The summed E-state index contributed by atoms with van der Waals surface area (Å²) in [6, 6.07) is 4.54. The topological polar surface area (TPSA) is 108 Å². The summed E-state index contributed by atoms with van der Waals surface area (Å²) in [6.07, 6.45) is -3.89. The Labute approximate surface area is 159 Å². The van der Waals surface area contributed by atoms with Crippen molar-refractivity contribution in [1.82, 2.24) is 19.3 Å². The third-order valence-electron chi connectivity index (χ3n) is 3.82. The SMILES string of the molecule is Cn1c(Cn2ccc(C(F)(F)F)c(Oc3cc(N)cc(Cl)c3)c2=O)n[nH]c1=O. The van der Waals surface area contributed by atoms with Crippen LogP contribution in [0.2, 0.25) is 5.02 Å². The molecule has 8 nitrogen and oxygen atoms in total. The summed E-state index contributed by atoms with van der Waals surface area (Å²) in [5.74, 6) is -0.931. The van der Waals surface area contributed by atoms with Gasteiger partial charge in [0.15, 0.2) is 5.82 Å². The third-order valence-corrected chi connectivity index (χ3v) is 4.04. The van der Waals surface area contributed by atoms with E-state index >= 15 is 0 Å². The second-order valence-electron chi connectivity index (χ2n) is 5.82. The lowest BCUT2D eigenvalue weighted by molar-refractivity contribution is -0.138. The van der Waals surface area contributed by atoms with E-state index in [0.717, 1.165) is 15.3 Å². The Balaban J connectivity index is 2.10. The Morgan fingerprint density at radius 2 is 2.00 bits per heavy atom. The molecular formula is C16H13ClF3N5O3. The summed E-state index contributed by atoms with van der Waals surface area (Å²) in [5.41, 5.74) is 2.91. The van der Waals surface area contributed by atoms with Crippen molar-refractivity contribution in [2.45, 2.75) is 12.7 Å². The molecule has 28 heavy (non-hydrogen) atoms. The zero-order valence-corrected chi connectivity index (χ0v) is 15.0. The molecule has 3 N–H and O–H groups in total. The molecule has 3 aromatic rings. The molecular weight excluding hydrogens is 403 g/mol. The number of benzene rings is 1. The number of ether oxygens (including phenoxy) is 1. The number of halogens is 4. The fourth-order valence-corrected chi connectivity index (χ4v) is 2.67. The second-order valence-corrected chi connectivity index (χ2v) is 6.25. The monoisotopic (exact) mass is 415 g/mol. The molecule has 0 bridgehead atoms. The van der Waals surface area contributed by atoms with E-state index in [-0.39, 0.29) is 28.8 Å². The summed E-state index contributed by atoms with van der Waals surface area (Å²) < 4.78 is 47.4. The van der Waals surface area contributed by atoms with E-state index in [1.54, 1.807) is 0 Å². The Morgan fingerprint density at radius 3 is 2.57 bits per heavy atom. The van der Waals surface area contributed by atoms with Crippen LogP contribution in [0.4, 0.5) is 18.9 Å². The summed E-state index contributed by atoms with van der Waals surface area (Å²) in [6.45, 7) is -0.250. The van der Waals surface area contributed by atoms with E-state index in [0.29, 0.717) is 6.07 Å². The minimum absolute atomic E-state index is 0.127. The predicted molar refractivity (Wildman–Crippen MR) is 94.6 cm³/mol. The van der Waals surface area contributed by atoms with Crippen molar-refractivity contribution in [1.29, 1.82) is 0 Å². The van der Waals surface area contributed by atoms with Gasteiger partial charge in [0.05, 0.1) is 6.54 Å². The molecule has 0 saturated heterocycles. The van der Waals surface area contributed by atoms with Gasteiger partial charge in [0.1, 0.15) is 11.3 Å². The van der Waals surface area contributed by atoms with E-state index in [1.807, 2.05) is 0 Å². The lowest BCUT2D eigenvalue weighted by Gasteiger charge is -2.15. The van der Waals surface area contributed by atoms with Gasteiger partial charge in [0.2, 0.25) is 5.75 Å². The van der Waals surface area contributed by atoms with E-state index in [2.05, 4.69) is 10.2 Å². The van der Waals surface area contributed by atoms with E-state index < -0.39 is 28.7 Å². The van der Waals surface area contributed by atoms with Gasteiger partial charge in [-0.25, -0.2) is 9.89 Å². The van der Waals surface area contributed by atoms with Crippen molar-refractivity contribution in [3.8, 4) is 11.5 Å². The summed E-state index contributed by atoms with van der Waals surface area (Å²) in [4.78, 5) is 24.1. The standard InChI is InChI=1S/C16H13ClF3N5O3/c1-24-12(22-23-15(24)27)7-25-3-2-11(16(18,19)20)13(14(25)26)28-10-5-8(17)4-9(21)6-10/h2-6H,7,21H2,1H3,(H,23,27). The molecule has 0 saturated carbocycles. The molecule has 0 aliphatic rings. The number of alkyl halides is 3. The van der Waals surface area contributed by atoms with Gasteiger partial charge < -0.3 is 15.0 Å². The molecule has 0 unspecified atom stereocenters. The first-order valence-corrected chi connectivity index (χ1v) is 8.09. The quantitative estimate of drug-likeness (QED) is 0.636. The first-order valence-electron chi connectivity index (χ1n) is 7.71. The molecule has 3 rings (SSSR count). The molecule has 0 radical (unpaired) electrons. The Morgan fingerprint density at radius 1 is 1.29 bits per heavy atom. The number of aromatic amines is 1. The maximum atomic E-state index is 13.4. The average molecular weight is 416 g/mol. The lowest BCUT2D eigenvalue weighted by atomic mass is 10.2. The third kappa shape index (κ3) is 3.88. The molecule has 0 spiro atoms. The summed E-state index contributed by atoms with van der Waals surface area (Å²) in [7, 11) is 1.41. The number of nitrogens with zero attached hydrogens (tertiary/aromatic N) is 3. The Hall–Kier alpha value is -3.21. The minimum atomic E-state index is -4.84. The second kappa shape index (κ2) is 7.08. The zero-order valence-electron chi connectivity index (χ0n) is 14.2. The molecule has 0 atom stereocenters. The number of H-pyrrole nitrogens is 1. The van der Waals surface area contributed by atoms with E-state index in [9.17, 15) is 22.8 Å². The number of nitrogens with one attached hydrogen (secondary N) is 1. The first kappa shape index (κ1) is 19.5. The molecule has 2 aromatic heterocycles. The smallest absolute Gasteiger partial charge is 0.420 e. The molecule has 0 amide bonds. The van der Waals surface area contributed by atoms with Crippen LogP contribution in [-0.4, -0.2) is 19.3 Å². The van der Waals surface area contributed by atoms with Crippen LogP contribution in [0.3, 0.4) is 0 Å². The van der Waals surface area contributed by atoms with Crippen LogP contribution in [0.15, 0.2) is 40.1 Å². The van der Waals surface area contributed by atoms with Gasteiger partial charge in [-0.2, -0.15) is 18.3 Å². The minimum Gasteiger partial charge on any atom is -0.451 e. The highest BCUT2D eigenvalue weighted by Crippen LogP contribution is 2.36. The fourth-order valence-electron chi connectivity index (χ4n) is 2.43. The van der Waals surface area contributed by atoms with Crippen LogP contribution in [0.25, 0.3) is 0 Å². The maximum Gasteiger partial charge on any atom is 0.420 e. The van der Waals surface area contributed by atoms with Crippen LogP contribution < -0.4 is 21.7 Å². The van der Waals surface area contributed by atoms with Crippen LogP contribution in [0, 0.1) is 0 Å². The van der Waals surface area contributed by atoms with Crippen LogP contribution >= 0.6 is 11.6 Å². The van der Waals surface area contributed by atoms with Gasteiger partial charge in [0, 0.05) is 30.0 Å². The number of nitrogen functional groups attached to an aromatic ring is 1. The zero-order chi connectivity index (χ0) is 20.6. The first-order chi connectivity index (χ1) is 13.1. The van der Waals surface area contributed by atoms with Gasteiger partial charge in [-0.15, -0.1) is 0 Å². The van der Waals surface area contributed by atoms with Crippen molar-refractivity contribution in [3.05, 3.63) is 67.7 Å². The number of anilines is 1. The van der Waals surface area contributed by atoms with Gasteiger partial charge >= 0.3 is 11.9 Å². The van der Waals surface area contributed by atoms with Crippen LogP contribution in [0.5, 0.6) is 11.5 Å². The molecule has 2 heterocycles. The molecule has 148 valence electrons. The molecule has 0 aliphatic heterocycles. The van der Waals surface area contributed by atoms with Crippen molar-refractivity contribution in [3.63, 3.8) is 0 Å². The van der Waals surface area contributed by atoms with Crippen LogP contribution in [0.1, 0.15) is 11.4 Å². The highest BCUT2D eigenvalue weighted by atomic mass is 35.5. The van der Waals surface area contributed by atoms with Crippen molar-refractivity contribution < 1.29 is 17.9 Å². The number of aromatic nitrogens is 4. The highest BCUT2D eigenvalue weighted by molar-refractivity contribution is 6.31. The number of nitrogens with two attached hydrogens (primary N) is 1. The fraction of sp³-hybridized carbons (Fsp3) is 0.188. The largest absolute Gasteiger partial charge is 0.451 e. The number of pyridine rings is 1. The number of rotatable bonds is 4. The molecule has 0 aliphatic carbocycles. The van der Waals surface area contributed by atoms with Crippen LogP contribution in [-0.2, 0) is 19.8 Å². The van der Waals surface area contributed by atoms with Crippen molar-refractivity contribution >= 4 is 17.3 Å².